The zero-order chi connectivity index (χ0) is 15.4. The van der Waals surface area contributed by atoms with Crippen LogP contribution in [0.3, 0.4) is 0 Å². The van der Waals surface area contributed by atoms with Crippen LogP contribution in [0.15, 0.2) is 30.5 Å². The Kier molecular flexibility index (Phi) is 4.62. The molecule has 1 aromatic heterocycles. The summed E-state index contributed by atoms with van der Waals surface area (Å²) in [4.78, 5) is 12.0. The highest BCUT2D eigenvalue weighted by molar-refractivity contribution is 5.90. The Balaban J connectivity index is 1.99. The summed E-state index contributed by atoms with van der Waals surface area (Å²) >= 11 is 0. The van der Waals surface area contributed by atoms with Crippen LogP contribution < -0.4 is 5.73 Å². The summed E-state index contributed by atoms with van der Waals surface area (Å²) in [6.45, 7) is 6.25. The average Bonchev–Trinajstić information content (AvgIpc) is 2.91. The molecule has 0 aliphatic carbocycles. The quantitative estimate of drug-likeness (QED) is 0.677. The van der Waals surface area contributed by atoms with Crippen LogP contribution in [0.4, 0.5) is 5.69 Å². The molecule has 1 aromatic carbocycles. The number of carbonyl (C=O) groups is 1. The smallest absolute Gasteiger partial charge is 0.338 e. The Morgan fingerprint density at radius 2 is 2.19 bits per heavy atom. The van der Waals surface area contributed by atoms with Gasteiger partial charge in [0, 0.05) is 17.9 Å². The van der Waals surface area contributed by atoms with Gasteiger partial charge in [-0.3, -0.25) is 4.68 Å². The fourth-order valence-electron chi connectivity index (χ4n) is 2.04. The number of nitrogen functional groups attached to an aromatic ring is 1. The number of carbonyl (C=O) groups excluding carboxylic acids is 1. The van der Waals surface area contributed by atoms with Crippen molar-refractivity contribution in [3.63, 3.8) is 0 Å². The van der Waals surface area contributed by atoms with Crippen LogP contribution in [0.1, 0.15) is 47.9 Å². The van der Waals surface area contributed by atoms with E-state index in [0.717, 1.165) is 17.7 Å². The van der Waals surface area contributed by atoms with Crippen molar-refractivity contribution in [3.05, 3.63) is 47.3 Å². The Morgan fingerprint density at radius 3 is 2.86 bits per heavy atom. The molecule has 2 aromatic rings. The van der Waals surface area contributed by atoms with Crippen LogP contribution in [0.2, 0.25) is 0 Å². The normalized spacial score (nSPS) is 12.1. The fraction of sp³-hybridized carbons (Fsp3) is 0.375. The second-order valence-corrected chi connectivity index (χ2v) is 5.25. The lowest BCUT2D eigenvalue weighted by atomic mass is 10.1. The lowest BCUT2D eigenvalue weighted by Gasteiger charge is -2.08. The van der Waals surface area contributed by atoms with E-state index in [1.165, 1.54) is 0 Å². The zero-order valence-electron chi connectivity index (χ0n) is 12.7. The molecule has 0 radical (unpaired) electrons. The van der Waals surface area contributed by atoms with Gasteiger partial charge in [0.2, 0.25) is 0 Å². The van der Waals surface area contributed by atoms with Gasteiger partial charge in [0.05, 0.1) is 11.3 Å². The largest absolute Gasteiger partial charge is 0.456 e. The second kappa shape index (κ2) is 6.43. The van der Waals surface area contributed by atoms with Crippen LogP contribution in [-0.4, -0.2) is 15.7 Å². The van der Waals surface area contributed by atoms with E-state index in [1.807, 2.05) is 29.9 Å². The van der Waals surface area contributed by atoms with Gasteiger partial charge in [-0.05, 0) is 50.1 Å². The number of hydrogen-bond acceptors (Lipinski definition) is 4. The number of aromatic nitrogens is 2. The first kappa shape index (κ1) is 15.1. The summed E-state index contributed by atoms with van der Waals surface area (Å²) < 4.78 is 7.16. The highest BCUT2D eigenvalue weighted by atomic mass is 16.5. The molecule has 2 rings (SSSR count). The minimum Gasteiger partial charge on any atom is -0.456 e. The van der Waals surface area contributed by atoms with E-state index in [4.69, 9.17) is 10.5 Å². The molecule has 0 saturated carbocycles. The first-order valence-corrected chi connectivity index (χ1v) is 7.08. The zero-order valence-corrected chi connectivity index (χ0v) is 12.7. The molecule has 0 saturated heterocycles. The third-order valence-corrected chi connectivity index (χ3v) is 3.39. The number of aryl methyl sites for hydroxylation is 1. The van der Waals surface area contributed by atoms with E-state index >= 15 is 0 Å². The second-order valence-electron chi connectivity index (χ2n) is 5.25. The van der Waals surface area contributed by atoms with Gasteiger partial charge in [-0.1, -0.05) is 6.92 Å². The van der Waals surface area contributed by atoms with E-state index in [1.54, 1.807) is 12.1 Å². The minimum atomic E-state index is -0.386. The maximum absolute atomic E-state index is 12.0. The predicted molar refractivity (Wildman–Crippen MR) is 81.9 cm³/mol. The number of anilines is 1. The minimum absolute atomic E-state index is 0.163. The summed E-state index contributed by atoms with van der Waals surface area (Å²) in [6.07, 6.45) is 2.91. The Hall–Kier alpha value is -2.30. The molecule has 0 bridgehead atoms. The van der Waals surface area contributed by atoms with Gasteiger partial charge >= 0.3 is 5.97 Å². The number of nitrogens with two attached hydrogens (primary N) is 1. The highest BCUT2D eigenvalue weighted by Crippen LogP contribution is 2.14. The van der Waals surface area contributed by atoms with Crippen LogP contribution in [0, 0.1) is 6.92 Å². The molecular formula is C16H21N3O2. The molecule has 21 heavy (non-hydrogen) atoms. The van der Waals surface area contributed by atoms with Crippen molar-refractivity contribution in [2.75, 3.05) is 5.73 Å². The van der Waals surface area contributed by atoms with E-state index in [2.05, 4.69) is 18.9 Å². The predicted octanol–water partition coefficient (Wildman–Crippen LogP) is 3.10. The van der Waals surface area contributed by atoms with Gasteiger partial charge in [-0.15, -0.1) is 0 Å². The lowest BCUT2D eigenvalue weighted by molar-refractivity contribution is 0.0466. The van der Waals surface area contributed by atoms with Gasteiger partial charge in [0.1, 0.15) is 6.61 Å². The molecule has 1 unspecified atom stereocenters. The van der Waals surface area contributed by atoms with Crippen molar-refractivity contribution >= 4 is 11.7 Å². The molecule has 1 atom stereocenters. The highest BCUT2D eigenvalue weighted by Gasteiger charge is 2.10. The molecule has 0 aliphatic rings. The van der Waals surface area contributed by atoms with Gasteiger partial charge in [-0.2, -0.15) is 5.10 Å². The monoisotopic (exact) mass is 287 g/mol. The molecule has 0 fully saturated rings. The molecule has 112 valence electrons. The van der Waals surface area contributed by atoms with Gasteiger partial charge < -0.3 is 10.5 Å². The topological polar surface area (TPSA) is 70.1 Å². The lowest BCUT2D eigenvalue weighted by Crippen LogP contribution is -2.08. The van der Waals surface area contributed by atoms with E-state index in [0.29, 0.717) is 17.3 Å². The number of rotatable bonds is 5. The van der Waals surface area contributed by atoms with Gasteiger partial charge in [0.25, 0.3) is 0 Å². The average molecular weight is 287 g/mol. The fourth-order valence-corrected chi connectivity index (χ4v) is 2.04. The third kappa shape index (κ3) is 3.84. The standard InChI is InChI=1S/C16H21N3O2/c1-4-12(3)19-6-5-15(18-19)10-21-16(20)13-7-11(2)8-14(17)9-13/h5-9,12H,4,10,17H2,1-3H3. The van der Waals surface area contributed by atoms with Crippen molar-refractivity contribution in [1.82, 2.24) is 9.78 Å². The molecular weight excluding hydrogens is 266 g/mol. The van der Waals surface area contributed by atoms with Crippen molar-refractivity contribution < 1.29 is 9.53 Å². The molecule has 0 amide bonds. The number of ether oxygens (including phenoxy) is 1. The molecule has 2 N–H and O–H groups in total. The summed E-state index contributed by atoms with van der Waals surface area (Å²) in [7, 11) is 0. The van der Waals surface area contributed by atoms with Crippen LogP contribution in [0.5, 0.6) is 0 Å². The summed E-state index contributed by atoms with van der Waals surface area (Å²) in [5, 5.41) is 4.40. The maximum Gasteiger partial charge on any atom is 0.338 e. The first-order chi connectivity index (χ1) is 9.99. The number of nitrogens with zero attached hydrogens (tertiary/aromatic N) is 2. The maximum atomic E-state index is 12.0. The first-order valence-electron chi connectivity index (χ1n) is 7.08. The molecule has 0 aliphatic heterocycles. The summed E-state index contributed by atoms with van der Waals surface area (Å²) in [6, 6.07) is 7.39. The summed E-state index contributed by atoms with van der Waals surface area (Å²) in [5.41, 5.74) is 8.43. The molecule has 1 heterocycles. The van der Waals surface area contributed by atoms with Crippen molar-refractivity contribution in [3.8, 4) is 0 Å². The van der Waals surface area contributed by atoms with E-state index in [9.17, 15) is 4.79 Å². The molecule has 5 nitrogen and oxygen atoms in total. The number of hydrogen-bond donors (Lipinski definition) is 1. The Labute approximate surface area is 124 Å². The van der Waals surface area contributed by atoms with Crippen LogP contribution in [-0.2, 0) is 11.3 Å². The van der Waals surface area contributed by atoms with Gasteiger partial charge in [-0.25, -0.2) is 4.79 Å². The molecule has 0 spiro atoms. The van der Waals surface area contributed by atoms with E-state index < -0.39 is 0 Å². The summed E-state index contributed by atoms with van der Waals surface area (Å²) in [5.74, 6) is -0.386. The van der Waals surface area contributed by atoms with Crippen molar-refractivity contribution in [1.29, 1.82) is 0 Å². The van der Waals surface area contributed by atoms with E-state index in [-0.39, 0.29) is 12.6 Å². The third-order valence-electron chi connectivity index (χ3n) is 3.39. The van der Waals surface area contributed by atoms with Gasteiger partial charge in [0.15, 0.2) is 0 Å². The van der Waals surface area contributed by atoms with Crippen LogP contribution >= 0.6 is 0 Å². The SMILES string of the molecule is CCC(C)n1ccc(COC(=O)c2cc(C)cc(N)c2)n1. The number of benzene rings is 1. The van der Waals surface area contributed by atoms with Crippen LogP contribution in [0.25, 0.3) is 0 Å². The Bertz CT molecular complexity index is 614. The van der Waals surface area contributed by atoms with Crippen molar-refractivity contribution in [2.45, 2.75) is 39.8 Å². The van der Waals surface area contributed by atoms with Crippen molar-refractivity contribution in [2.24, 2.45) is 0 Å². The number of esters is 1. The molecule has 5 heteroatoms. The Morgan fingerprint density at radius 1 is 1.43 bits per heavy atom.